The molecule has 1 fully saturated rings. The number of carbonyl (C=O) groups excluding carboxylic acids is 3. The van der Waals surface area contributed by atoms with Gasteiger partial charge in [0, 0.05) is 44.5 Å². The Morgan fingerprint density at radius 2 is 1.74 bits per heavy atom. The van der Waals surface area contributed by atoms with Crippen molar-refractivity contribution >= 4 is 17.7 Å². The summed E-state index contributed by atoms with van der Waals surface area (Å²) < 4.78 is 7.10. The maximum atomic E-state index is 13.3. The van der Waals surface area contributed by atoms with Crippen LogP contribution in [0.25, 0.3) is 0 Å². The second-order valence-electron chi connectivity index (χ2n) is 8.93. The lowest BCUT2D eigenvalue weighted by Crippen LogP contribution is -2.53. The second kappa shape index (κ2) is 11.2. The number of rotatable bonds is 9. The van der Waals surface area contributed by atoms with E-state index in [-0.39, 0.29) is 24.4 Å². The van der Waals surface area contributed by atoms with Gasteiger partial charge in [0.05, 0.1) is 24.9 Å². The average Bonchev–Trinajstić information content (AvgIpc) is 3.14. The van der Waals surface area contributed by atoms with Crippen molar-refractivity contribution in [2.24, 2.45) is 5.73 Å². The van der Waals surface area contributed by atoms with Crippen LogP contribution in [0.3, 0.4) is 0 Å². The van der Waals surface area contributed by atoms with E-state index < -0.39 is 5.91 Å². The molecular weight excluding hydrogens is 434 g/mol. The summed E-state index contributed by atoms with van der Waals surface area (Å²) in [4.78, 5) is 41.2. The molecule has 1 aliphatic rings. The number of ketones is 1. The number of carbonyl (C=O) groups is 3. The molecule has 3 amide bonds. The number of benzene rings is 1. The highest BCUT2D eigenvalue weighted by atomic mass is 16.5. The molecule has 0 bridgehead atoms. The maximum absolute atomic E-state index is 13.3. The standard InChI is InChI=1S/C25H35N5O4/c1-17(2)27-25(33)29-13-11-28(12-14-29)16-23(31)22-15-21(24(26)32)18(3)30(22)10-9-19-5-7-20(34-4)8-6-19/h5-8,15,17H,9-14,16H2,1-4H3,(H2,26,32)(H,27,33). The van der Waals surface area contributed by atoms with Gasteiger partial charge in [-0.2, -0.15) is 0 Å². The van der Waals surface area contributed by atoms with Crippen LogP contribution in [-0.2, 0) is 13.0 Å². The number of primary amides is 1. The van der Waals surface area contributed by atoms with Crippen LogP contribution < -0.4 is 15.8 Å². The molecule has 0 atom stereocenters. The van der Waals surface area contributed by atoms with Gasteiger partial charge < -0.3 is 25.3 Å². The van der Waals surface area contributed by atoms with Crippen LogP contribution in [0.4, 0.5) is 4.79 Å². The number of methoxy groups -OCH3 is 1. The molecule has 0 radical (unpaired) electrons. The predicted octanol–water partition coefficient (Wildman–Crippen LogP) is 2.07. The number of amides is 3. The van der Waals surface area contributed by atoms with Crippen molar-refractivity contribution in [2.75, 3.05) is 39.8 Å². The van der Waals surface area contributed by atoms with Crippen LogP contribution in [0, 0.1) is 6.92 Å². The fourth-order valence-electron chi connectivity index (χ4n) is 4.18. The van der Waals surface area contributed by atoms with Gasteiger partial charge >= 0.3 is 6.03 Å². The Balaban J connectivity index is 1.67. The summed E-state index contributed by atoms with van der Waals surface area (Å²) in [6, 6.07) is 9.40. The van der Waals surface area contributed by atoms with Crippen LogP contribution in [0.15, 0.2) is 30.3 Å². The van der Waals surface area contributed by atoms with Crippen molar-refractivity contribution in [1.29, 1.82) is 0 Å². The number of hydrogen-bond acceptors (Lipinski definition) is 5. The molecule has 9 nitrogen and oxygen atoms in total. The lowest BCUT2D eigenvalue weighted by molar-refractivity contribution is 0.0868. The minimum atomic E-state index is -0.542. The summed E-state index contributed by atoms with van der Waals surface area (Å²) in [5.74, 6) is 0.180. The van der Waals surface area contributed by atoms with Crippen LogP contribution >= 0.6 is 0 Å². The lowest BCUT2D eigenvalue weighted by atomic mass is 10.1. The van der Waals surface area contributed by atoms with Crippen molar-refractivity contribution in [1.82, 2.24) is 19.7 Å². The molecule has 3 rings (SSSR count). The Hall–Kier alpha value is -3.33. The van der Waals surface area contributed by atoms with E-state index in [9.17, 15) is 14.4 Å². The molecule has 0 unspecified atom stereocenters. The number of aromatic nitrogens is 1. The fraction of sp³-hybridized carbons (Fsp3) is 0.480. The highest BCUT2D eigenvalue weighted by molar-refractivity contribution is 6.01. The van der Waals surface area contributed by atoms with Crippen LogP contribution in [0.5, 0.6) is 5.75 Å². The second-order valence-corrected chi connectivity index (χ2v) is 8.93. The minimum Gasteiger partial charge on any atom is -0.497 e. The molecule has 2 aromatic rings. The van der Waals surface area contributed by atoms with Crippen molar-refractivity contribution < 1.29 is 19.1 Å². The maximum Gasteiger partial charge on any atom is 0.317 e. The van der Waals surface area contributed by atoms with E-state index in [1.165, 1.54) is 0 Å². The minimum absolute atomic E-state index is 0.0644. The number of nitrogens with two attached hydrogens (primary N) is 1. The van der Waals surface area contributed by atoms with E-state index in [4.69, 9.17) is 10.5 Å². The topological polar surface area (TPSA) is 110 Å². The summed E-state index contributed by atoms with van der Waals surface area (Å²) in [6.07, 6.45) is 0.696. The zero-order valence-corrected chi connectivity index (χ0v) is 20.5. The Labute approximate surface area is 200 Å². The van der Waals surface area contributed by atoms with Gasteiger partial charge in [0.25, 0.3) is 5.91 Å². The van der Waals surface area contributed by atoms with Crippen LogP contribution in [-0.4, -0.2) is 78.0 Å². The van der Waals surface area contributed by atoms with Gasteiger partial charge in [0.1, 0.15) is 5.75 Å². The normalized spacial score (nSPS) is 14.3. The third-order valence-electron chi connectivity index (χ3n) is 6.14. The number of piperazine rings is 1. The van der Waals surface area contributed by atoms with Gasteiger partial charge in [-0.1, -0.05) is 12.1 Å². The molecule has 1 saturated heterocycles. The molecule has 2 heterocycles. The fourth-order valence-corrected chi connectivity index (χ4v) is 4.18. The van der Waals surface area contributed by atoms with E-state index in [1.54, 1.807) is 18.1 Å². The first kappa shape index (κ1) is 25.3. The van der Waals surface area contributed by atoms with Gasteiger partial charge in [-0.3, -0.25) is 14.5 Å². The van der Waals surface area contributed by atoms with Gasteiger partial charge in [0.2, 0.25) is 0 Å². The van der Waals surface area contributed by atoms with Gasteiger partial charge in [-0.05, 0) is 51.0 Å². The Bertz CT molecular complexity index is 1020. The summed E-state index contributed by atoms with van der Waals surface area (Å²) in [7, 11) is 1.63. The number of nitrogens with one attached hydrogen (secondary N) is 1. The van der Waals surface area contributed by atoms with Crippen molar-refractivity contribution in [3.63, 3.8) is 0 Å². The molecule has 3 N–H and O–H groups in total. The smallest absolute Gasteiger partial charge is 0.317 e. The summed E-state index contributed by atoms with van der Waals surface area (Å²) in [6.45, 7) is 8.82. The molecule has 0 aliphatic carbocycles. The molecule has 34 heavy (non-hydrogen) atoms. The van der Waals surface area contributed by atoms with E-state index in [1.807, 2.05) is 54.5 Å². The van der Waals surface area contributed by atoms with Crippen LogP contribution in [0.2, 0.25) is 0 Å². The molecule has 9 heteroatoms. The largest absolute Gasteiger partial charge is 0.497 e. The Morgan fingerprint density at radius 3 is 2.29 bits per heavy atom. The Kier molecular flexibility index (Phi) is 8.33. The number of nitrogens with zero attached hydrogens (tertiary/aromatic N) is 3. The van der Waals surface area contributed by atoms with Gasteiger partial charge in [-0.25, -0.2) is 4.79 Å². The number of hydrogen-bond donors (Lipinski definition) is 2. The molecular formula is C25H35N5O4. The third kappa shape index (κ3) is 6.17. The monoisotopic (exact) mass is 469 g/mol. The predicted molar refractivity (Wildman–Crippen MR) is 130 cm³/mol. The average molecular weight is 470 g/mol. The van der Waals surface area contributed by atoms with E-state index >= 15 is 0 Å². The van der Waals surface area contributed by atoms with E-state index in [0.29, 0.717) is 56.1 Å². The van der Waals surface area contributed by atoms with Crippen molar-refractivity contribution in [3.05, 3.63) is 52.8 Å². The van der Waals surface area contributed by atoms with E-state index in [0.717, 1.165) is 11.3 Å². The SMILES string of the molecule is COc1ccc(CCn2c(C(=O)CN3CCN(C(=O)NC(C)C)CC3)cc(C(N)=O)c2C)cc1. The molecule has 1 aliphatic heterocycles. The summed E-state index contributed by atoms with van der Waals surface area (Å²) >= 11 is 0. The lowest BCUT2D eigenvalue weighted by Gasteiger charge is -2.34. The molecule has 0 spiro atoms. The van der Waals surface area contributed by atoms with Crippen molar-refractivity contribution in [3.8, 4) is 5.75 Å². The quantitative estimate of drug-likeness (QED) is 0.547. The highest BCUT2D eigenvalue weighted by Gasteiger charge is 2.25. The highest BCUT2D eigenvalue weighted by Crippen LogP contribution is 2.19. The van der Waals surface area contributed by atoms with Crippen LogP contribution in [0.1, 0.15) is 46.0 Å². The first-order valence-corrected chi connectivity index (χ1v) is 11.6. The van der Waals surface area contributed by atoms with E-state index in [2.05, 4.69) is 5.32 Å². The summed E-state index contributed by atoms with van der Waals surface area (Å²) in [5, 5.41) is 2.90. The van der Waals surface area contributed by atoms with Gasteiger partial charge in [0.15, 0.2) is 5.78 Å². The van der Waals surface area contributed by atoms with Crippen molar-refractivity contribution in [2.45, 2.75) is 39.8 Å². The number of ether oxygens (including phenoxy) is 1. The molecule has 1 aromatic heterocycles. The number of Topliss-reactive ketones (excluding diaryl/α,β-unsaturated/α-hetero) is 1. The Morgan fingerprint density at radius 1 is 1.09 bits per heavy atom. The third-order valence-corrected chi connectivity index (χ3v) is 6.14. The first-order chi connectivity index (χ1) is 16.2. The molecule has 0 saturated carbocycles. The number of urea groups is 1. The molecule has 1 aromatic carbocycles. The zero-order chi connectivity index (χ0) is 24.8. The van der Waals surface area contributed by atoms with Gasteiger partial charge in [-0.15, -0.1) is 0 Å². The zero-order valence-electron chi connectivity index (χ0n) is 20.5. The molecule has 184 valence electrons. The summed E-state index contributed by atoms with van der Waals surface area (Å²) in [5.41, 5.74) is 8.22. The first-order valence-electron chi connectivity index (χ1n) is 11.6. The number of aryl methyl sites for hydroxylation is 1.